The predicted molar refractivity (Wildman–Crippen MR) is 84.3 cm³/mol. The first-order valence-electron chi connectivity index (χ1n) is 7.22. The van der Waals surface area contributed by atoms with E-state index in [-0.39, 0.29) is 0 Å². The second kappa shape index (κ2) is 8.61. The molecule has 0 spiro atoms. The number of hydrogen-bond donors (Lipinski definition) is 2. The van der Waals surface area contributed by atoms with E-state index < -0.39 is 0 Å². The topological polar surface area (TPSA) is 55.9 Å². The van der Waals surface area contributed by atoms with E-state index in [1.54, 1.807) is 0 Å². The van der Waals surface area contributed by atoms with Gasteiger partial charge in [-0.15, -0.1) is 0 Å². The Bertz CT molecular complexity index is 353. The van der Waals surface area contributed by atoms with Gasteiger partial charge in [0, 0.05) is 35.7 Å². The van der Waals surface area contributed by atoms with Crippen LogP contribution in [-0.2, 0) is 6.42 Å². The molecule has 1 aromatic heterocycles. The summed E-state index contributed by atoms with van der Waals surface area (Å²) in [4.78, 5) is 0. The highest BCUT2D eigenvalue weighted by Gasteiger charge is 2.12. The first-order chi connectivity index (χ1) is 9.10. The molecular formula is C14H28N4S. The number of rotatable bonds is 9. The first kappa shape index (κ1) is 16.5. The molecule has 5 heteroatoms. The maximum Gasteiger partial charge on any atom is 0.0641 e. The smallest absolute Gasteiger partial charge is 0.0641 e. The highest BCUT2D eigenvalue weighted by Crippen LogP contribution is 2.16. The Kier molecular flexibility index (Phi) is 7.49. The molecule has 0 aliphatic heterocycles. The Morgan fingerprint density at radius 3 is 2.68 bits per heavy atom. The van der Waals surface area contributed by atoms with Crippen LogP contribution in [-0.4, -0.2) is 26.8 Å². The zero-order chi connectivity index (χ0) is 14.3. The normalized spacial score (nSPS) is 16.3. The molecule has 3 atom stereocenters. The average molecular weight is 284 g/mol. The van der Waals surface area contributed by atoms with Crippen LogP contribution in [0.4, 0.5) is 0 Å². The number of hydrogen-bond acceptors (Lipinski definition) is 4. The molecule has 0 saturated carbocycles. The largest absolute Gasteiger partial charge is 0.271 e. The molecule has 1 rings (SSSR count). The second-order valence-corrected chi connectivity index (χ2v) is 6.64. The molecule has 0 aliphatic rings. The van der Waals surface area contributed by atoms with Gasteiger partial charge < -0.3 is 0 Å². The molecule has 4 nitrogen and oxygen atoms in total. The molecule has 1 heterocycles. The summed E-state index contributed by atoms with van der Waals surface area (Å²) in [6.07, 6.45) is 5.26. The summed E-state index contributed by atoms with van der Waals surface area (Å²) in [7, 11) is 0. The lowest BCUT2D eigenvalue weighted by Gasteiger charge is -2.16. The highest BCUT2D eigenvalue weighted by atomic mass is 32.2. The quantitative estimate of drug-likeness (QED) is 0.541. The van der Waals surface area contributed by atoms with Crippen LogP contribution in [0.5, 0.6) is 0 Å². The summed E-state index contributed by atoms with van der Waals surface area (Å²) in [6, 6.07) is 2.86. The van der Waals surface area contributed by atoms with Crippen molar-refractivity contribution in [2.45, 2.75) is 64.3 Å². The Balaban J connectivity index is 2.48. The lowest BCUT2D eigenvalue weighted by atomic mass is 10.2. The maximum atomic E-state index is 5.64. The summed E-state index contributed by atoms with van der Waals surface area (Å²) < 4.78 is 2.05. The lowest BCUT2D eigenvalue weighted by Crippen LogP contribution is -2.39. The molecule has 0 aromatic carbocycles. The second-order valence-electron chi connectivity index (χ2n) is 5.16. The Morgan fingerprint density at radius 2 is 2.11 bits per heavy atom. The Morgan fingerprint density at radius 1 is 1.37 bits per heavy atom. The molecule has 0 fully saturated rings. The summed E-state index contributed by atoms with van der Waals surface area (Å²) >= 11 is 1.97. The van der Waals surface area contributed by atoms with E-state index in [9.17, 15) is 0 Å². The minimum Gasteiger partial charge on any atom is -0.271 e. The third-order valence-electron chi connectivity index (χ3n) is 3.55. The van der Waals surface area contributed by atoms with Crippen molar-refractivity contribution in [2.75, 3.05) is 5.75 Å². The van der Waals surface area contributed by atoms with E-state index in [2.05, 4.69) is 50.5 Å². The number of aromatic nitrogens is 2. The van der Waals surface area contributed by atoms with Crippen molar-refractivity contribution < 1.29 is 0 Å². The van der Waals surface area contributed by atoms with Gasteiger partial charge >= 0.3 is 0 Å². The third kappa shape index (κ3) is 5.55. The fourth-order valence-corrected chi connectivity index (χ4v) is 2.75. The van der Waals surface area contributed by atoms with E-state index in [0.29, 0.717) is 17.3 Å². The monoisotopic (exact) mass is 284 g/mol. The van der Waals surface area contributed by atoms with Crippen LogP contribution in [0.2, 0.25) is 0 Å². The van der Waals surface area contributed by atoms with Crippen LogP contribution in [0, 0.1) is 0 Å². The number of thioether (sulfide) groups is 1. The molecule has 0 radical (unpaired) electrons. The van der Waals surface area contributed by atoms with Gasteiger partial charge in [-0.05, 0) is 25.8 Å². The number of nitrogens with zero attached hydrogens (tertiary/aromatic N) is 2. The third-order valence-corrected chi connectivity index (χ3v) is 5.05. The molecule has 1 aromatic rings. The van der Waals surface area contributed by atoms with Crippen LogP contribution in [0.1, 0.15) is 52.3 Å². The summed E-state index contributed by atoms with van der Waals surface area (Å²) in [5.41, 5.74) is 4.03. The number of hydrazine groups is 1. The minimum absolute atomic E-state index is 0.291. The van der Waals surface area contributed by atoms with Gasteiger partial charge in [-0.3, -0.25) is 16.0 Å². The van der Waals surface area contributed by atoms with Gasteiger partial charge in [-0.2, -0.15) is 16.9 Å². The fourth-order valence-electron chi connectivity index (χ4n) is 1.74. The molecule has 0 aliphatic carbocycles. The van der Waals surface area contributed by atoms with E-state index in [4.69, 9.17) is 5.84 Å². The van der Waals surface area contributed by atoms with Crippen molar-refractivity contribution >= 4 is 11.8 Å². The van der Waals surface area contributed by atoms with Crippen LogP contribution in [0.15, 0.2) is 12.3 Å². The minimum atomic E-state index is 0.291. The molecule has 110 valence electrons. The number of nitrogens with one attached hydrogen (secondary N) is 1. The van der Waals surface area contributed by atoms with Gasteiger partial charge in [-0.1, -0.05) is 20.8 Å². The van der Waals surface area contributed by atoms with Gasteiger partial charge in [0.1, 0.15) is 0 Å². The fraction of sp³-hybridized carbons (Fsp3) is 0.786. The van der Waals surface area contributed by atoms with Crippen molar-refractivity contribution in [1.82, 2.24) is 15.2 Å². The van der Waals surface area contributed by atoms with Gasteiger partial charge in [0.05, 0.1) is 5.69 Å². The summed E-state index contributed by atoms with van der Waals surface area (Å²) in [5.74, 6) is 6.67. The SMILES string of the molecule is CCC(C)SCC(Cc1ccn(C(C)CC)n1)NN. The molecule has 0 amide bonds. The van der Waals surface area contributed by atoms with E-state index in [0.717, 1.165) is 24.3 Å². The number of nitrogens with two attached hydrogens (primary N) is 1. The Labute approximate surface area is 121 Å². The summed E-state index contributed by atoms with van der Waals surface area (Å²) in [6.45, 7) is 8.85. The van der Waals surface area contributed by atoms with Gasteiger partial charge in [0.25, 0.3) is 0 Å². The standard InChI is InChI=1S/C14H28N4S/c1-5-11(3)18-8-7-13(17-18)9-14(16-15)10-19-12(4)6-2/h7-8,11-12,14,16H,5-6,9-10,15H2,1-4H3. The van der Waals surface area contributed by atoms with Crippen LogP contribution in [0.25, 0.3) is 0 Å². The highest BCUT2D eigenvalue weighted by molar-refractivity contribution is 7.99. The summed E-state index contributed by atoms with van der Waals surface area (Å²) in [5, 5.41) is 5.32. The molecular weight excluding hydrogens is 256 g/mol. The molecule has 3 unspecified atom stereocenters. The van der Waals surface area contributed by atoms with Crippen LogP contribution in [0.3, 0.4) is 0 Å². The molecule has 0 bridgehead atoms. The predicted octanol–water partition coefficient (Wildman–Crippen LogP) is 2.76. The van der Waals surface area contributed by atoms with Crippen molar-refractivity contribution in [2.24, 2.45) is 5.84 Å². The Hall–Kier alpha value is -0.520. The van der Waals surface area contributed by atoms with Crippen LogP contribution >= 0.6 is 11.8 Å². The van der Waals surface area contributed by atoms with Gasteiger partial charge in [0.15, 0.2) is 0 Å². The zero-order valence-electron chi connectivity index (χ0n) is 12.6. The van der Waals surface area contributed by atoms with Gasteiger partial charge in [0.2, 0.25) is 0 Å². The van der Waals surface area contributed by atoms with Crippen LogP contribution < -0.4 is 11.3 Å². The van der Waals surface area contributed by atoms with Crippen molar-refractivity contribution in [1.29, 1.82) is 0 Å². The van der Waals surface area contributed by atoms with Gasteiger partial charge in [-0.25, -0.2) is 0 Å². The zero-order valence-corrected chi connectivity index (χ0v) is 13.4. The first-order valence-corrected chi connectivity index (χ1v) is 8.27. The molecule has 0 saturated heterocycles. The van der Waals surface area contributed by atoms with Crippen molar-refractivity contribution in [3.05, 3.63) is 18.0 Å². The van der Waals surface area contributed by atoms with E-state index >= 15 is 0 Å². The van der Waals surface area contributed by atoms with E-state index in [1.807, 2.05) is 16.4 Å². The lowest BCUT2D eigenvalue weighted by molar-refractivity contribution is 0.469. The maximum absolute atomic E-state index is 5.64. The van der Waals surface area contributed by atoms with Crippen molar-refractivity contribution in [3.8, 4) is 0 Å². The van der Waals surface area contributed by atoms with E-state index in [1.165, 1.54) is 6.42 Å². The van der Waals surface area contributed by atoms with Crippen molar-refractivity contribution in [3.63, 3.8) is 0 Å². The average Bonchev–Trinajstić information content (AvgIpc) is 2.90. The molecule has 19 heavy (non-hydrogen) atoms. The molecule has 3 N–H and O–H groups in total.